The van der Waals surface area contributed by atoms with Crippen molar-refractivity contribution in [1.82, 2.24) is 15.5 Å². The van der Waals surface area contributed by atoms with Crippen molar-refractivity contribution in [2.24, 2.45) is 11.7 Å². The fraction of sp³-hybridized carbons (Fsp3) is 0.579. The lowest BCUT2D eigenvalue weighted by Crippen LogP contribution is -2.49. The van der Waals surface area contributed by atoms with E-state index in [1.54, 1.807) is 0 Å². The van der Waals surface area contributed by atoms with Crippen molar-refractivity contribution in [3.05, 3.63) is 35.4 Å². The molecule has 0 saturated carbocycles. The van der Waals surface area contributed by atoms with Gasteiger partial charge in [0.2, 0.25) is 11.8 Å². The van der Waals surface area contributed by atoms with Gasteiger partial charge in [0.15, 0.2) is 0 Å². The molecular weight excluding hydrogens is 387 g/mol. The first-order valence-electron chi connectivity index (χ1n) is 8.99. The molecule has 1 aromatic carbocycles. The molecule has 0 aliphatic carbocycles. The molecular formula is C19H32Cl2N4O2. The van der Waals surface area contributed by atoms with E-state index in [0.717, 1.165) is 19.5 Å². The lowest BCUT2D eigenvalue weighted by Gasteiger charge is -2.33. The second kappa shape index (κ2) is 12.2. The van der Waals surface area contributed by atoms with Crippen molar-refractivity contribution >= 4 is 36.6 Å². The van der Waals surface area contributed by atoms with Crippen LogP contribution in [0.3, 0.4) is 0 Å². The van der Waals surface area contributed by atoms with E-state index in [0.29, 0.717) is 6.54 Å². The number of hydrogen-bond donors (Lipinski definition) is 3. The summed E-state index contributed by atoms with van der Waals surface area (Å²) in [5, 5.41) is 5.48. The van der Waals surface area contributed by atoms with Gasteiger partial charge in [0.1, 0.15) is 0 Å². The van der Waals surface area contributed by atoms with E-state index < -0.39 is 6.04 Å². The molecule has 0 saturated heterocycles. The highest BCUT2D eigenvalue weighted by molar-refractivity contribution is 5.87. The van der Waals surface area contributed by atoms with Crippen LogP contribution in [0.2, 0.25) is 0 Å². The Labute approximate surface area is 174 Å². The number of nitrogens with one attached hydrogen (secondary N) is 2. The lowest BCUT2D eigenvalue weighted by atomic mass is 9.99. The number of carbonyl (C=O) groups is 2. The molecule has 2 rings (SSSR count). The Balaban J connectivity index is 0.00000338. The summed E-state index contributed by atoms with van der Waals surface area (Å²) in [7, 11) is 0. The van der Waals surface area contributed by atoms with Gasteiger partial charge >= 0.3 is 0 Å². The fourth-order valence-corrected chi connectivity index (χ4v) is 2.93. The Morgan fingerprint density at radius 1 is 1.11 bits per heavy atom. The maximum Gasteiger partial charge on any atom is 0.239 e. The van der Waals surface area contributed by atoms with E-state index in [9.17, 15) is 9.59 Å². The first-order valence-corrected chi connectivity index (χ1v) is 8.99. The summed E-state index contributed by atoms with van der Waals surface area (Å²) >= 11 is 0. The minimum Gasteiger partial charge on any atom is -0.353 e. The van der Waals surface area contributed by atoms with E-state index in [-0.39, 0.29) is 55.1 Å². The van der Waals surface area contributed by atoms with Crippen LogP contribution in [0.4, 0.5) is 0 Å². The quantitative estimate of drug-likeness (QED) is 0.625. The third-order valence-corrected chi connectivity index (χ3v) is 4.82. The minimum absolute atomic E-state index is 0. The Morgan fingerprint density at radius 3 is 2.37 bits per heavy atom. The third-order valence-electron chi connectivity index (χ3n) is 4.82. The van der Waals surface area contributed by atoms with Crippen molar-refractivity contribution < 1.29 is 9.59 Å². The van der Waals surface area contributed by atoms with Gasteiger partial charge in [-0.05, 0) is 30.4 Å². The summed E-state index contributed by atoms with van der Waals surface area (Å²) in [6.45, 7) is 8.30. The van der Waals surface area contributed by atoms with Gasteiger partial charge in [0.25, 0.3) is 0 Å². The molecule has 4 N–H and O–H groups in total. The van der Waals surface area contributed by atoms with Gasteiger partial charge in [-0.3, -0.25) is 14.5 Å². The zero-order valence-corrected chi connectivity index (χ0v) is 17.9. The summed E-state index contributed by atoms with van der Waals surface area (Å²) in [4.78, 5) is 26.1. The summed E-state index contributed by atoms with van der Waals surface area (Å²) in [5.74, 6) is -0.426. The highest BCUT2D eigenvalue weighted by Crippen LogP contribution is 2.19. The van der Waals surface area contributed by atoms with Crippen LogP contribution in [0.25, 0.3) is 0 Å². The van der Waals surface area contributed by atoms with Crippen LogP contribution < -0.4 is 16.4 Å². The van der Waals surface area contributed by atoms with Crippen molar-refractivity contribution in [2.45, 2.75) is 45.8 Å². The van der Waals surface area contributed by atoms with Crippen LogP contribution in [0.1, 0.15) is 31.9 Å². The molecule has 27 heavy (non-hydrogen) atoms. The standard InChI is InChI=1S/C19H30N4O2.2ClH/c1-13(2)18(20)19(25)22-11-17(24)21-10-14(3)23-9-8-15-6-4-5-7-16(15)12-23;;/h4-7,13-14,18H,8-12,20H2,1-3H3,(H,21,24)(H,22,25);2*1H/t14?,18-;;/m0../s1. The molecule has 0 fully saturated rings. The molecule has 1 aliphatic heterocycles. The number of halogens is 2. The van der Waals surface area contributed by atoms with Crippen LogP contribution >= 0.6 is 24.8 Å². The molecule has 1 aliphatic rings. The monoisotopic (exact) mass is 418 g/mol. The van der Waals surface area contributed by atoms with E-state index in [2.05, 4.69) is 46.7 Å². The highest BCUT2D eigenvalue weighted by atomic mass is 35.5. The molecule has 0 bridgehead atoms. The molecule has 154 valence electrons. The van der Waals surface area contributed by atoms with E-state index in [4.69, 9.17) is 5.73 Å². The zero-order chi connectivity index (χ0) is 18.4. The van der Waals surface area contributed by atoms with E-state index >= 15 is 0 Å². The normalized spacial score (nSPS) is 15.6. The van der Waals surface area contributed by atoms with Crippen LogP contribution in [-0.4, -0.2) is 48.4 Å². The summed E-state index contributed by atoms with van der Waals surface area (Å²) < 4.78 is 0. The summed E-state index contributed by atoms with van der Waals surface area (Å²) in [5.41, 5.74) is 8.53. The maximum atomic E-state index is 11.9. The van der Waals surface area contributed by atoms with Gasteiger partial charge in [-0.25, -0.2) is 0 Å². The molecule has 2 atom stereocenters. The van der Waals surface area contributed by atoms with Crippen molar-refractivity contribution in [2.75, 3.05) is 19.6 Å². The zero-order valence-electron chi connectivity index (χ0n) is 16.2. The molecule has 2 amide bonds. The van der Waals surface area contributed by atoms with Gasteiger partial charge < -0.3 is 16.4 Å². The lowest BCUT2D eigenvalue weighted by molar-refractivity contribution is -0.127. The van der Waals surface area contributed by atoms with Gasteiger partial charge in [-0.15, -0.1) is 24.8 Å². The summed E-state index contributed by atoms with van der Waals surface area (Å²) in [6, 6.07) is 8.16. The largest absolute Gasteiger partial charge is 0.353 e. The molecule has 0 aromatic heterocycles. The van der Waals surface area contributed by atoms with Crippen molar-refractivity contribution in [3.63, 3.8) is 0 Å². The number of carbonyl (C=O) groups excluding carboxylic acids is 2. The smallest absolute Gasteiger partial charge is 0.239 e. The van der Waals surface area contributed by atoms with E-state index in [1.165, 1.54) is 11.1 Å². The molecule has 0 radical (unpaired) electrons. The number of nitrogens with zero attached hydrogens (tertiary/aromatic N) is 1. The molecule has 6 nitrogen and oxygen atoms in total. The second-order valence-electron chi connectivity index (χ2n) is 7.13. The van der Waals surface area contributed by atoms with Gasteiger partial charge in [0.05, 0.1) is 12.6 Å². The van der Waals surface area contributed by atoms with Gasteiger partial charge in [0, 0.05) is 25.7 Å². The molecule has 1 unspecified atom stereocenters. The van der Waals surface area contributed by atoms with Crippen molar-refractivity contribution in [1.29, 1.82) is 0 Å². The number of fused-ring (bicyclic) bond motifs is 1. The number of nitrogens with two attached hydrogens (primary N) is 1. The predicted molar refractivity (Wildman–Crippen MR) is 113 cm³/mol. The van der Waals surface area contributed by atoms with E-state index in [1.807, 2.05) is 13.8 Å². The summed E-state index contributed by atoms with van der Waals surface area (Å²) in [6.07, 6.45) is 1.04. The topological polar surface area (TPSA) is 87.5 Å². The maximum absolute atomic E-state index is 11.9. The van der Waals surface area contributed by atoms with Gasteiger partial charge in [-0.1, -0.05) is 38.1 Å². The highest BCUT2D eigenvalue weighted by Gasteiger charge is 2.21. The Morgan fingerprint density at radius 2 is 1.74 bits per heavy atom. The number of amides is 2. The fourth-order valence-electron chi connectivity index (χ4n) is 2.93. The van der Waals surface area contributed by atoms with Gasteiger partial charge in [-0.2, -0.15) is 0 Å². The molecule has 1 heterocycles. The Kier molecular flexibility index (Phi) is 11.6. The molecule has 1 aromatic rings. The molecule has 8 heteroatoms. The average Bonchev–Trinajstić information content (AvgIpc) is 2.62. The Bertz CT molecular complexity index is 613. The Hall–Kier alpha value is -1.34. The van der Waals surface area contributed by atoms with Crippen molar-refractivity contribution in [3.8, 4) is 0 Å². The minimum atomic E-state index is -0.583. The van der Waals surface area contributed by atoms with Crippen LogP contribution in [-0.2, 0) is 22.6 Å². The third kappa shape index (κ3) is 7.66. The number of rotatable bonds is 7. The number of benzene rings is 1. The second-order valence-corrected chi connectivity index (χ2v) is 7.13. The SMILES string of the molecule is CC(C)[C@H](N)C(=O)NCC(=O)NCC(C)N1CCc2ccccc2C1.Cl.Cl. The number of hydrogen-bond acceptors (Lipinski definition) is 4. The van der Waals surface area contributed by atoms with Crippen LogP contribution in [0, 0.1) is 5.92 Å². The average molecular weight is 419 g/mol. The van der Waals surface area contributed by atoms with Crippen LogP contribution in [0.15, 0.2) is 24.3 Å². The van der Waals surface area contributed by atoms with Crippen LogP contribution in [0.5, 0.6) is 0 Å². The first kappa shape index (κ1) is 25.7. The predicted octanol–water partition coefficient (Wildman–Crippen LogP) is 1.49. The molecule has 0 spiro atoms. The first-order chi connectivity index (χ1) is 11.9.